The van der Waals surface area contributed by atoms with Gasteiger partial charge in [0.1, 0.15) is 12.4 Å². The molecule has 28 heavy (non-hydrogen) atoms. The number of halogens is 1. The second-order valence-corrected chi connectivity index (χ2v) is 7.23. The highest BCUT2D eigenvalue weighted by atomic mass is 19.1. The molecule has 1 aromatic heterocycles. The van der Waals surface area contributed by atoms with Gasteiger partial charge in [-0.2, -0.15) is 0 Å². The molecule has 1 saturated carbocycles. The van der Waals surface area contributed by atoms with Gasteiger partial charge in [-0.15, -0.1) is 0 Å². The summed E-state index contributed by atoms with van der Waals surface area (Å²) in [7, 11) is 1.49. The van der Waals surface area contributed by atoms with E-state index < -0.39 is 18.5 Å². The molecule has 2 amide bonds. The molecule has 1 saturated heterocycles. The van der Waals surface area contributed by atoms with E-state index in [2.05, 4.69) is 15.6 Å². The number of rotatable bonds is 6. The highest BCUT2D eigenvalue weighted by Crippen LogP contribution is 2.44. The number of nitrogens with one attached hydrogen (secondary N) is 2. The van der Waals surface area contributed by atoms with E-state index in [0.717, 1.165) is 5.56 Å². The number of carbonyl (C=O) groups is 2. The maximum Gasteiger partial charge on any atom is 0.269 e. The summed E-state index contributed by atoms with van der Waals surface area (Å²) in [6.07, 6.45) is 0. The van der Waals surface area contributed by atoms with Gasteiger partial charge in [0.2, 0.25) is 0 Å². The minimum Gasteiger partial charge on any atom is -0.381 e. The first-order valence-electron chi connectivity index (χ1n) is 9.36. The zero-order valence-electron chi connectivity index (χ0n) is 15.5. The summed E-state index contributed by atoms with van der Waals surface area (Å²) in [6.45, 7) is 0.649. The van der Waals surface area contributed by atoms with E-state index in [-0.39, 0.29) is 17.6 Å². The number of nitrogens with zero attached hydrogens (tertiary/aromatic N) is 1. The largest absolute Gasteiger partial charge is 0.381 e. The fourth-order valence-corrected chi connectivity index (χ4v) is 3.82. The molecular formula is C21H22FN3O3. The molecule has 1 aromatic carbocycles. The summed E-state index contributed by atoms with van der Waals surface area (Å²) in [6, 6.07) is 12.2. The number of amides is 2. The first-order valence-corrected chi connectivity index (χ1v) is 9.36. The molecule has 1 aliphatic heterocycles. The van der Waals surface area contributed by atoms with Crippen LogP contribution >= 0.6 is 0 Å². The molecule has 4 rings (SSSR count). The minimum absolute atomic E-state index is 0.0962. The van der Waals surface area contributed by atoms with E-state index in [1.807, 2.05) is 30.3 Å². The molecular weight excluding hydrogens is 361 g/mol. The number of hydrogen-bond acceptors (Lipinski definition) is 4. The number of aromatic nitrogens is 1. The average molecular weight is 383 g/mol. The Kier molecular flexibility index (Phi) is 5.09. The van der Waals surface area contributed by atoms with Gasteiger partial charge in [0.15, 0.2) is 0 Å². The van der Waals surface area contributed by atoms with E-state index in [9.17, 15) is 14.0 Å². The van der Waals surface area contributed by atoms with Crippen LogP contribution in [0.2, 0.25) is 0 Å². The molecule has 2 N–H and O–H groups in total. The lowest BCUT2D eigenvalue weighted by Gasteiger charge is -2.16. The van der Waals surface area contributed by atoms with Crippen molar-refractivity contribution in [3.05, 3.63) is 65.0 Å². The van der Waals surface area contributed by atoms with Crippen molar-refractivity contribution in [3.63, 3.8) is 0 Å². The van der Waals surface area contributed by atoms with Gasteiger partial charge < -0.3 is 15.4 Å². The Morgan fingerprint density at radius 2 is 1.89 bits per heavy atom. The minimum atomic E-state index is -0.681. The van der Waals surface area contributed by atoms with Crippen molar-refractivity contribution in [3.8, 4) is 0 Å². The number of carbonyl (C=O) groups excluding carboxylic acids is 2. The van der Waals surface area contributed by atoms with Crippen LogP contribution in [0.5, 0.6) is 0 Å². The lowest BCUT2D eigenvalue weighted by Crippen LogP contribution is -2.31. The van der Waals surface area contributed by atoms with Crippen molar-refractivity contribution in [2.24, 2.45) is 11.8 Å². The van der Waals surface area contributed by atoms with Gasteiger partial charge in [-0.1, -0.05) is 30.3 Å². The topological polar surface area (TPSA) is 80.3 Å². The van der Waals surface area contributed by atoms with E-state index in [1.165, 1.54) is 13.1 Å². The van der Waals surface area contributed by atoms with Crippen LogP contribution in [0.1, 0.15) is 38.0 Å². The van der Waals surface area contributed by atoms with Crippen molar-refractivity contribution in [2.75, 3.05) is 26.9 Å². The first kappa shape index (κ1) is 18.6. The zero-order chi connectivity index (χ0) is 19.7. The highest BCUT2D eigenvalue weighted by molar-refractivity contribution is 5.99. The molecule has 4 atom stereocenters. The summed E-state index contributed by atoms with van der Waals surface area (Å²) in [5, 5.41) is 5.52. The van der Waals surface area contributed by atoms with Crippen LogP contribution in [-0.4, -0.2) is 49.8 Å². The molecule has 2 fully saturated rings. The predicted octanol–water partition coefficient (Wildman–Crippen LogP) is 1.92. The smallest absolute Gasteiger partial charge is 0.269 e. The normalized spacial score (nSPS) is 23.6. The fraction of sp³-hybridized carbons (Fsp3) is 0.381. The molecule has 7 heteroatoms. The molecule has 2 aromatic rings. The van der Waals surface area contributed by atoms with Gasteiger partial charge >= 0.3 is 0 Å². The van der Waals surface area contributed by atoms with Crippen LogP contribution in [-0.2, 0) is 4.74 Å². The number of ether oxygens (including phenoxy) is 1. The van der Waals surface area contributed by atoms with E-state index in [4.69, 9.17) is 4.74 Å². The monoisotopic (exact) mass is 383 g/mol. The number of hydrogen-bond donors (Lipinski definition) is 2. The predicted molar refractivity (Wildman–Crippen MR) is 101 cm³/mol. The van der Waals surface area contributed by atoms with Gasteiger partial charge in [-0.25, -0.2) is 4.98 Å². The molecule has 146 valence electrons. The Bertz CT molecular complexity index is 880. The van der Waals surface area contributed by atoms with Crippen LogP contribution in [0.15, 0.2) is 42.5 Å². The summed E-state index contributed by atoms with van der Waals surface area (Å²) < 4.78 is 19.2. The molecule has 2 heterocycles. The van der Waals surface area contributed by atoms with Crippen molar-refractivity contribution in [1.82, 2.24) is 15.6 Å². The third-order valence-electron chi connectivity index (χ3n) is 5.53. The Labute approximate surface area is 162 Å². The van der Waals surface area contributed by atoms with Gasteiger partial charge in [0.25, 0.3) is 11.8 Å². The molecule has 0 bridgehead atoms. The Balaban J connectivity index is 1.65. The number of pyridine rings is 1. The van der Waals surface area contributed by atoms with Crippen molar-refractivity contribution in [2.45, 2.75) is 12.0 Å². The molecule has 6 nitrogen and oxygen atoms in total. The number of alkyl halides is 1. The van der Waals surface area contributed by atoms with Crippen molar-refractivity contribution >= 4 is 11.8 Å². The second kappa shape index (κ2) is 7.67. The van der Waals surface area contributed by atoms with Crippen LogP contribution in [0.25, 0.3) is 0 Å². The quantitative estimate of drug-likeness (QED) is 0.799. The van der Waals surface area contributed by atoms with Gasteiger partial charge in [-0.05, 0) is 17.7 Å². The number of benzene rings is 1. The van der Waals surface area contributed by atoms with Crippen LogP contribution < -0.4 is 10.6 Å². The summed E-state index contributed by atoms with van der Waals surface area (Å²) in [4.78, 5) is 29.3. The lowest BCUT2D eigenvalue weighted by molar-refractivity contribution is 0.0928. The van der Waals surface area contributed by atoms with E-state index >= 15 is 0 Å². The fourth-order valence-electron chi connectivity index (χ4n) is 3.82. The third kappa shape index (κ3) is 3.49. The molecule has 0 radical (unpaired) electrons. The number of fused-ring (bicyclic) bond motifs is 1. The van der Waals surface area contributed by atoms with Gasteiger partial charge in [-0.3, -0.25) is 14.0 Å². The Hall–Kier alpha value is -2.80. The third-order valence-corrected chi connectivity index (χ3v) is 5.53. The molecule has 0 spiro atoms. The molecule has 2 aliphatic rings. The van der Waals surface area contributed by atoms with E-state index in [0.29, 0.717) is 36.3 Å². The standard InChI is InChI=1S/C21H22FN3O3/c1-23-21(27)18-8-13(20(26)25-19-15-10-28-11-16(15)19)7-17(24-18)14(9-22)12-5-3-2-4-6-12/h2-8,14-16,19H,9-11H2,1H3,(H,23,27)(H,25,26)/t14?,15-,16+,19+. The summed E-state index contributed by atoms with van der Waals surface area (Å²) >= 11 is 0. The van der Waals surface area contributed by atoms with Crippen LogP contribution in [0.4, 0.5) is 4.39 Å². The molecule has 1 aliphatic carbocycles. The van der Waals surface area contributed by atoms with Crippen LogP contribution in [0.3, 0.4) is 0 Å². The second-order valence-electron chi connectivity index (χ2n) is 7.23. The maximum atomic E-state index is 13.9. The SMILES string of the molecule is CNC(=O)c1cc(C(=O)N[C@H]2[C@@H]3COC[C@@H]32)cc(C(CF)c2ccccc2)n1. The first-order chi connectivity index (χ1) is 13.6. The lowest BCUT2D eigenvalue weighted by atomic mass is 9.95. The Morgan fingerprint density at radius 1 is 1.18 bits per heavy atom. The van der Waals surface area contributed by atoms with Gasteiger partial charge in [0.05, 0.1) is 24.8 Å². The zero-order valence-corrected chi connectivity index (χ0v) is 15.5. The maximum absolute atomic E-state index is 13.9. The molecule has 1 unspecified atom stereocenters. The highest BCUT2D eigenvalue weighted by Gasteiger charge is 2.54. The Morgan fingerprint density at radius 3 is 2.54 bits per heavy atom. The van der Waals surface area contributed by atoms with Crippen LogP contribution in [0, 0.1) is 11.8 Å². The van der Waals surface area contributed by atoms with Crippen molar-refractivity contribution < 1.29 is 18.7 Å². The van der Waals surface area contributed by atoms with Crippen molar-refractivity contribution in [1.29, 1.82) is 0 Å². The van der Waals surface area contributed by atoms with E-state index in [1.54, 1.807) is 6.07 Å². The van der Waals surface area contributed by atoms with Gasteiger partial charge in [0, 0.05) is 30.5 Å². The average Bonchev–Trinajstić information content (AvgIpc) is 3.14. The summed E-state index contributed by atoms with van der Waals surface area (Å²) in [5.41, 5.74) is 1.51. The summed E-state index contributed by atoms with van der Waals surface area (Å²) in [5.74, 6) is -0.610.